The number of hydrogen-bond acceptors (Lipinski definition) is 4. The molecule has 4 heteroatoms. The molecule has 0 radical (unpaired) electrons. The molecule has 2 aromatic carbocycles. The van der Waals surface area contributed by atoms with Crippen LogP contribution in [0, 0.1) is 0 Å². The number of phenols is 1. The van der Waals surface area contributed by atoms with Gasteiger partial charge < -0.3 is 15.3 Å². The topological polar surface area (TPSA) is 63.9 Å². The monoisotopic (exact) mass is 313 g/mol. The van der Waals surface area contributed by atoms with Gasteiger partial charge in [-0.3, -0.25) is 4.90 Å². The molecule has 3 rings (SSSR count). The first-order valence-corrected chi connectivity index (χ1v) is 7.98. The van der Waals surface area contributed by atoms with E-state index in [0.717, 1.165) is 17.7 Å². The highest BCUT2D eigenvalue weighted by Crippen LogP contribution is 2.35. The van der Waals surface area contributed by atoms with Crippen LogP contribution in [0.3, 0.4) is 0 Å². The fraction of sp³-hybridized carbons (Fsp3) is 0.368. The zero-order chi connectivity index (χ0) is 16.4. The average Bonchev–Trinajstić information content (AvgIpc) is 2.99. The zero-order valence-electron chi connectivity index (χ0n) is 13.3. The Labute approximate surface area is 136 Å². The van der Waals surface area contributed by atoms with Gasteiger partial charge in [0.15, 0.2) is 0 Å². The van der Waals surface area contributed by atoms with Crippen LogP contribution in [0.2, 0.25) is 0 Å². The molecule has 1 aliphatic rings. The summed E-state index contributed by atoms with van der Waals surface area (Å²) in [5, 5.41) is 30.8. The molecule has 0 amide bonds. The molecular formula is C19H23NO3. The Morgan fingerprint density at radius 3 is 2.35 bits per heavy atom. The first-order chi connectivity index (χ1) is 11.0. The molecular weight excluding hydrogens is 290 g/mol. The molecule has 0 spiro atoms. The minimum atomic E-state index is -0.857. The third-order valence-electron chi connectivity index (χ3n) is 4.86. The van der Waals surface area contributed by atoms with Crippen molar-refractivity contribution < 1.29 is 15.3 Å². The summed E-state index contributed by atoms with van der Waals surface area (Å²) in [7, 11) is 0. The Bertz CT molecular complexity index is 643. The van der Waals surface area contributed by atoms with Crippen molar-refractivity contribution in [2.75, 3.05) is 13.1 Å². The number of benzene rings is 2. The van der Waals surface area contributed by atoms with Gasteiger partial charge in [-0.1, -0.05) is 42.5 Å². The van der Waals surface area contributed by atoms with Crippen LogP contribution in [0.5, 0.6) is 5.75 Å². The van der Waals surface area contributed by atoms with Gasteiger partial charge in [0.2, 0.25) is 0 Å². The smallest absolute Gasteiger partial charge is 0.115 e. The number of phenolic OH excluding ortho intramolecular Hbond substituents is 1. The Kier molecular flexibility index (Phi) is 4.39. The summed E-state index contributed by atoms with van der Waals surface area (Å²) >= 11 is 0. The predicted octanol–water partition coefficient (Wildman–Crippen LogP) is 2.41. The molecule has 2 aromatic rings. The number of β-amino-alcohol motifs (C(OH)–C–C–N with tert-alkyl or cyclic N) is 1. The predicted molar refractivity (Wildman–Crippen MR) is 89.1 cm³/mol. The average molecular weight is 313 g/mol. The maximum Gasteiger partial charge on any atom is 0.115 e. The van der Waals surface area contributed by atoms with Gasteiger partial charge in [-0.25, -0.2) is 0 Å². The number of likely N-dealkylation sites (tertiary alicyclic amines) is 1. The van der Waals surface area contributed by atoms with Crippen LogP contribution < -0.4 is 0 Å². The summed E-state index contributed by atoms with van der Waals surface area (Å²) in [5.41, 5.74) is 0.837. The van der Waals surface area contributed by atoms with E-state index in [1.807, 2.05) is 37.3 Å². The van der Waals surface area contributed by atoms with Gasteiger partial charge in [-0.15, -0.1) is 0 Å². The number of hydrogen-bond donors (Lipinski definition) is 3. The number of aliphatic hydroxyl groups is 2. The van der Waals surface area contributed by atoms with E-state index in [-0.39, 0.29) is 11.8 Å². The van der Waals surface area contributed by atoms with Gasteiger partial charge in [-0.2, -0.15) is 0 Å². The van der Waals surface area contributed by atoms with Crippen LogP contribution >= 0.6 is 0 Å². The minimum absolute atomic E-state index is 0.114. The van der Waals surface area contributed by atoms with Crippen LogP contribution in [-0.2, 0) is 5.60 Å². The molecule has 0 aromatic heterocycles. The molecule has 1 saturated heterocycles. The summed E-state index contributed by atoms with van der Waals surface area (Å²) in [6.45, 7) is 3.21. The lowest BCUT2D eigenvalue weighted by molar-refractivity contribution is 0.0212. The second-order valence-electron chi connectivity index (χ2n) is 6.40. The number of nitrogens with zero attached hydrogens (tertiary/aromatic N) is 1. The van der Waals surface area contributed by atoms with Gasteiger partial charge in [-0.05, 0) is 36.6 Å². The molecule has 4 nitrogen and oxygen atoms in total. The first-order valence-electron chi connectivity index (χ1n) is 7.98. The highest BCUT2D eigenvalue weighted by Gasteiger charge is 2.40. The molecule has 3 N–H and O–H groups in total. The van der Waals surface area contributed by atoms with Crippen molar-refractivity contribution in [1.82, 2.24) is 4.90 Å². The van der Waals surface area contributed by atoms with Gasteiger partial charge in [0, 0.05) is 19.1 Å². The zero-order valence-corrected chi connectivity index (χ0v) is 13.3. The van der Waals surface area contributed by atoms with Crippen LogP contribution in [0.15, 0.2) is 54.6 Å². The maximum atomic E-state index is 10.9. The van der Waals surface area contributed by atoms with E-state index in [0.29, 0.717) is 13.0 Å². The van der Waals surface area contributed by atoms with E-state index >= 15 is 0 Å². The van der Waals surface area contributed by atoms with Gasteiger partial charge in [0.25, 0.3) is 0 Å². The maximum absolute atomic E-state index is 10.9. The summed E-state index contributed by atoms with van der Waals surface area (Å²) in [6.07, 6.45) is -0.00219. The van der Waals surface area contributed by atoms with E-state index in [1.54, 1.807) is 24.3 Å². The van der Waals surface area contributed by atoms with Crippen molar-refractivity contribution in [1.29, 1.82) is 0 Å². The van der Waals surface area contributed by atoms with Crippen molar-refractivity contribution in [3.05, 3.63) is 65.7 Å². The van der Waals surface area contributed by atoms with Gasteiger partial charge in [0.1, 0.15) is 11.4 Å². The second kappa shape index (κ2) is 6.32. The van der Waals surface area contributed by atoms with E-state index in [2.05, 4.69) is 4.90 Å². The van der Waals surface area contributed by atoms with Crippen molar-refractivity contribution in [2.24, 2.45) is 0 Å². The van der Waals surface area contributed by atoms with Crippen LogP contribution in [-0.4, -0.2) is 39.4 Å². The third kappa shape index (κ3) is 3.24. The number of rotatable bonds is 4. The standard InChI is InChI=1S/C19H23NO3/c1-14(18(22)15-7-9-17(21)10-8-15)20-12-11-19(23,13-20)16-5-3-2-4-6-16/h2-10,14,18,21-23H,11-13H2,1H3/t14-,18?,19?/m0/s1. The largest absolute Gasteiger partial charge is 0.508 e. The number of aliphatic hydroxyl groups excluding tert-OH is 1. The molecule has 0 saturated carbocycles. The molecule has 1 fully saturated rings. The van der Waals surface area contributed by atoms with E-state index in [9.17, 15) is 15.3 Å². The SMILES string of the molecule is C[C@@H](C(O)c1ccc(O)cc1)N1CCC(O)(c2ccccc2)C1. The molecule has 122 valence electrons. The molecule has 0 bridgehead atoms. The lowest BCUT2D eigenvalue weighted by Crippen LogP contribution is -2.39. The molecule has 2 unspecified atom stereocenters. The lowest BCUT2D eigenvalue weighted by atomic mass is 9.93. The minimum Gasteiger partial charge on any atom is -0.508 e. The highest BCUT2D eigenvalue weighted by molar-refractivity contribution is 5.28. The Hall–Kier alpha value is -1.88. The summed E-state index contributed by atoms with van der Waals surface area (Å²) in [4.78, 5) is 2.12. The lowest BCUT2D eigenvalue weighted by Gasteiger charge is -2.30. The van der Waals surface area contributed by atoms with Crippen LogP contribution in [0.1, 0.15) is 30.6 Å². The van der Waals surface area contributed by atoms with Gasteiger partial charge in [0.05, 0.1) is 6.10 Å². The highest BCUT2D eigenvalue weighted by atomic mass is 16.3. The second-order valence-corrected chi connectivity index (χ2v) is 6.40. The fourth-order valence-corrected chi connectivity index (χ4v) is 3.30. The quantitative estimate of drug-likeness (QED) is 0.811. The Balaban J connectivity index is 1.72. The summed E-state index contributed by atoms with van der Waals surface area (Å²) in [5.74, 6) is 0.188. The Morgan fingerprint density at radius 2 is 1.70 bits per heavy atom. The van der Waals surface area contributed by atoms with E-state index in [1.165, 1.54) is 0 Å². The van der Waals surface area contributed by atoms with E-state index < -0.39 is 11.7 Å². The molecule has 0 aliphatic carbocycles. The number of aromatic hydroxyl groups is 1. The van der Waals surface area contributed by atoms with Crippen molar-refractivity contribution in [3.8, 4) is 5.75 Å². The van der Waals surface area contributed by atoms with Crippen LogP contribution in [0.4, 0.5) is 0 Å². The molecule has 23 heavy (non-hydrogen) atoms. The van der Waals surface area contributed by atoms with E-state index in [4.69, 9.17) is 0 Å². The first kappa shape index (κ1) is 16.0. The summed E-state index contributed by atoms with van der Waals surface area (Å²) in [6, 6.07) is 16.2. The normalized spacial score (nSPS) is 24.5. The fourth-order valence-electron chi connectivity index (χ4n) is 3.30. The van der Waals surface area contributed by atoms with Crippen LogP contribution in [0.25, 0.3) is 0 Å². The molecule has 1 heterocycles. The Morgan fingerprint density at radius 1 is 1.04 bits per heavy atom. The van der Waals surface area contributed by atoms with Crippen molar-refractivity contribution >= 4 is 0 Å². The van der Waals surface area contributed by atoms with Crippen molar-refractivity contribution in [2.45, 2.75) is 31.1 Å². The third-order valence-corrected chi connectivity index (χ3v) is 4.86. The van der Waals surface area contributed by atoms with Gasteiger partial charge >= 0.3 is 0 Å². The molecule has 1 aliphatic heterocycles. The van der Waals surface area contributed by atoms with Crippen molar-refractivity contribution in [3.63, 3.8) is 0 Å². The summed E-state index contributed by atoms with van der Waals surface area (Å²) < 4.78 is 0. The molecule has 3 atom stereocenters.